The minimum Gasteiger partial charge on any atom is -0.494 e. The number of ether oxygens (including phenoxy) is 2. The van der Waals surface area contributed by atoms with Gasteiger partial charge in [0.15, 0.2) is 0 Å². The van der Waals surface area contributed by atoms with Crippen LogP contribution in [0.3, 0.4) is 0 Å². The molecule has 2 aromatic heterocycles. The molecular formula is C18H20F3N3O4. The number of rotatable bonds is 5. The number of anilines is 1. The first-order chi connectivity index (χ1) is 13.3. The third-order valence-corrected chi connectivity index (χ3v) is 4.43. The third kappa shape index (κ3) is 4.22. The number of halogens is 3. The molecule has 0 bridgehead atoms. The number of urea groups is 1. The van der Waals surface area contributed by atoms with E-state index >= 15 is 0 Å². The van der Waals surface area contributed by atoms with Gasteiger partial charge >= 0.3 is 12.2 Å². The Morgan fingerprint density at radius 3 is 2.86 bits per heavy atom. The van der Waals surface area contributed by atoms with E-state index in [1.54, 1.807) is 24.1 Å². The first-order valence-electron chi connectivity index (χ1n) is 8.60. The number of alkyl halides is 3. The first kappa shape index (κ1) is 20.0. The number of carbonyl (C=O) groups is 1. The Labute approximate surface area is 159 Å². The quantitative estimate of drug-likeness (QED) is 0.815. The lowest BCUT2D eigenvalue weighted by molar-refractivity contribution is -0.141. The van der Waals surface area contributed by atoms with Crippen LogP contribution in [0.4, 0.5) is 23.7 Å². The standard InChI is InChI=1S/C18H20F3N3O4/c1-26-10-11-5-6-14(28-11)13-4-3-7-24(13)17(25)23-12-9-22-16(18(19,20)21)8-15(12)27-2/h5-6,8-9,13H,3-4,7,10H2,1-2H3,(H,23,25)/t13-/m0/s1. The van der Waals surface area contributed by atoms with Crippen molar-refractivity contribution in [1.29, 1.82) is 0 Å². The molecule has 10 heteroatoms. The molecule has 1 saturated heterocycles. The molecule has 1 aliphatic heterocycles. The van der Waals surface area contributed by atoms with Gasteiger partial charge in [0.2, 0.25) is 0 Å². The van der Waals surface area contributed by atoms with Crippen LogP contribution in [0.1, 0.15) is 36.1 Å². The summed E-state index contributed by atoms with van der Waals surface area (Å²) in [6, 6.07) is 3.60. The number of amides is 2. The van der Waals surface area contributed by atoms with E-state index in [2.05, 4.69) is 10.3 Å². The molecule has 2 amide bonds. The van der Waals surface area contributed by atoms with Gasteiger partial charge in [0, 0.05) is 19.7 Å². The van der Waals surface area contributed by atoms with Crippen molar-refractivity contribution < 1.29 is 31.9 Å². The monoisotopic (exact) mass is 399 g/mol. The van der Waals surface area contributed by atoms with Gasteiger partial charge in [0.1, 0.15) is 35.3 Å². The smallest absolute Gasteiger partial charge is 0.433 e. The first-order valence-corrected chi connectivity index (χ1v) is 8.60. The number of nitrogens with one attached hydrogen (secondary N) is 1. The zero-order valence-electron chi connectivity index (χ0n) is 15.4. The summed E-state index contributed by atoms with van der Waals surface area (Å²) >= 11 is 0. The highest BCUT2D eigenvalue weighted by Crippen LogP contribution is 2.36. The van der Waals surface area contributed by atoms with E-state index in [9.17, 15) is 18.0 Å². The summed E-state index contributed by atoms with van der Waals surface area (Å²) in [5, 5.41) is 2.58. The molecular weight excluding hydrogens is 379 g/mol. The van der Waals surface area contributed by atoms with E-state index < -0.39 is 17.9 Å². The number of carbonyl (C=O) groups excluding carboxylic acids is 1. The molecule has 1 N–H and O–H groups in total. The number of hydrogen-bond donors (Lipinski definition) is 1. The van der Waals surface area contributed by atoms with Crippen LogP contribution in [0, 0.1) is 0 Å². The van der Waals surface area contributed by atoms with Crippen molar-refractivity contribution in [2.45, 2.75) is 31.7 Å². The van der Waals surface area contributed by atoms with E-state index in [1.807, 2.05) is 0 Å². The summed E-state index contributed by atoms with van der Waals surface area (Å²) in [7, 11) is 2.78. The molecule has 3 heterocycles. The molecule has 3 rings (SSSR count). The van der Waals surface area contributed by atoms with Crippen molar-refractivity contribution in [2.75, 3.05) is 26.1 Å². The van der Waals surface area contributed by atoms with Gasteiger partial charge < -0.3 is 24.1 Å². The van der Waals surface area contributed by atoms with Crippen LogP contribution in [0.2, 0.25) is 0 Å². The summed E-state index contributed by atoms with van der Waals surface area (Å²) in [5.41, 5.74) is -1.03. The molecule has 0 saturated carbocycles. The minimum absolute atomic E-state index is 0.0608. The average Bonchev–Trinajstić information content (AvgIpc) is 3.30. The van der Waals surface area contributed by atoms with Crippen molar-refractivity contribution in [2.24, 2.45) is 0 Å². The number of nitrogens with zero attached hydrogens (tertiary/aromatic N) is 2. The molecule has 0 unspecified atom stereocenters. The predicted molar refractivity (Wildman–Crippen MR) is 92.9 cm³/mol. The van der Waals surface area contributed by atoms with Gasteiger partial charge in [-0.2, -0.15) is 13.2 Å². The molecule has 2 aromatic rings. The zero-order valence-corrected chi connectivity index (χ0v) is 15.4. The maximum Gasteiger partial charge on any atom is 0.433 e. The molecule has 1 aliphatic rings. The number of pyridine rings is 1. The lowest BCUT2D eigenvalue weighted by Crippen LogP contribution is -2.34. The topological polar surface area (TPSA) is 76.8 Å². The van der Waals surface area contributed by atoms with Crippen LogP contribution in [-0.2, 0) is 17.5 Å². The van der Waals surface area contributed by atoms with Gasteiger partial charge in [0.05, 0.1) is 19.3 Å². The van der Waals surface area contributed by atoms with E-state index in [4.69, 9.17) is 13.9 Å². The number of likely N-dealkylation sites (tertiary alicyclic amines) is 1. The second-order valence-electron chi connectivity index (χ2n) is 6.29. The van der Waals surface area contributed by atoms with Crippen LogP contribution < -0.4 is 10.1 Å². The van der Waals surface area contributed by atoms with Gasteiger partial charge in [-0.15, -0.1) is 0 Å². The van der Waals surface area contributed by atoms with Gasteiger partial charge in [-0.3, -0.25) is 0 Å². The van der Waals surface area contributed by atoms with Crippen molar-refractivity contribution in [3.05, 3.63) is 41.6 Å². The Bertz CT molecular complexity index is 838. The van der Waals surface area contributed by atoms with Crippen LogP contribution in [0.15, 0.2) is 28.8 Å². The number of furan rings is 1. The third-order valence-electron chi connectivity index (χ3n) is 4.43. The second-order valence-corrected chi connectivity index (χ2v) is 6.29. The Balaban J connectivity index is 1.76. The lowest BCUT2D eigenvalue weighted by Gasteiger charge is -2.24. The van der Waals surface area contributed by atoms with Gasteiger partial charge in [-0.1, -0.05) is 0 Å². The van der Waals surface area contributed by atoms with Crippen molar-refractivity contribution in [1.82, 2.24) is 9.88 Å². The fourth-order valence-electron chi connectivity index (χ4n) is 3.14. The fourth-order valence-corrected chi connectivity index (χ4v) is 3.14. The van der Waals surface area contributed by atoms with E-state index in [1.165, 1.54) is 7.11 Å². The highest BCUT2D eigenvalue weighted by molar-refractivity contribution is 5.91. The summed E-state index contributed by atoms with van der Waals surface area (Å²) in [6.07, 6.45) is -2.17. The van der Waals surface area contributed by atoms with E-state index in [0.29, 0.717) is 24.7 Å². The normalized spacial score (nSPS) is 17.0. The molecule has 7 nitrogen and oxygen atoms in total. The summed E-state index contributed by atoms with van der Waals surface area (Å²) in [5.74, 6) is 1.17. The Kier molecular flexibility index (Phi) is 5.78. The predicted octanol–water partition coefficient (Wildman–Crippen LogP) is 4.22. The second kappa shape index (κ2) is 8.09. The molecule has 0 spiro atoms. The fraction of sp³-hybridized carbons (Fsp3) is 0.444. The van der Waals surface area contributed by atoms with Crippen LogP contribution in [0.25, 0.3) is 0 Å². The van der Waals surface area contributed by atoms with Crippen molar-refractivity contribution in [3.63, 3.8) is 0 Å². The molecule has 0 aromatic carbocycles. The highest BCUT2D eigenvalue weighted by Gasteiger charge is 2.35. The molecule has 152 valence electrons. The van der Waals surface area contributed by atoms with Crippen LogP contribution in [-0.4, -0.2) is 36.7 Å². The molecule has 0 radical (unpaired) electrons. The summed E-state index contributed by atoms with van der Waals surface area (Å²) in [6.45, 7) is 0.820. The number of hydrogen-bond acceptors (Lipinski definition) is 5. The maximum absolute atomic E-state index is 12.8. The number of aromatic nitrogens is 1. The Hall–Kier alpha value is -2.75. The van der Waals surface area contributed by atoms with Crippen molar-refractivity contribution in [3.8, 4) is 5.75 Å². The molecule has 1 fully saturated rings. The highest BCUT2D eigenvalue weighted by atomic mass is 19.4. The molecule has 0 aliphatic carbocycles. The van der Waals surface area contributed by atoms with Gasteiger partial charge in [0.25, 0.3) is 0 Å². The van der Waals surface area contributed by atoms with Crippen LogP contribution in [0.5, 0.6) is 5.75 Å². The maximum atomic E-state index is 12.8. The summed E-state index contributed by atoms with van der Waals surface area (Å²) < 4.78 is 54.2. The molecule has 1 atom stereocenters. The van der Waals surface area contributed by atoms with E-state index in [-0.39, 0.29) is 17.5 Å². The van der Waals surface area contributed by atoms with Crippen LogP contribution >= 0.6 is 0 Å². The van der Waals surface area contributed by atoms with E-state index in [0.717, 1.165) is 25.1 Å². The minimum atomic E-state index is -4.60. The Morgan fingerprint density at radius 1 is 1.39 bits per heavy atom. The average molecular weight is 399 g/mol. The van der Waals surface area contributed by atoms with Gasteiger partial charge in [-0.05, 0) is 25.0 Å². The number of methoxy groups -OCH3 is 2. The van der Waals surface area contributed by atoms with Gasteiger partial charge in [-0.25, -0.2) is 9.78 Å². The SMILES string of the molecule is COCc1ccc([C@@H]2CCCN2C(=O)Nc2cnc(C(F)(F)F)cc2OC)o1. The van der Waals surface area contributed by atoms with Crippen molar-refractivity contribution >= 4 is 11.7 Å². The largest absolute Gasteiger partial charge is 0.494 e. The molecule has 28 heavy (non-hydrogen) atoms. The Morgan fingerprint density at radius 2 is 2.18 bits per heavy atom. The lowest BCUT2D eigenvalue weighted by atomic mass is 10.2. The zero-order chi connectivity index (χ0) is 20.3. The summed E-state index contributed by atoms with van der Waals surface area (Å²) in [4.78, 5) is 17.7.